The van der Waals surface area contributed by atoms with Gasteiger partial charge in [-0.05, 0) is 70.0 Å². The Bertz CT molecular complexity index is 1700. The van der Waals surface area contributed by atoms with Gasteiger partial charge < -0.3 is 20.4 Å². The summed E-state index contributed by atoms with van der Waals surface area (Å²) in [6.07, 6.45) is 4.23. The molecular formula is C32H34Cl2N6O4. The largest absolute Gasteiger partial charge is 0.505 e. The Morgan fingerprint density at radius 1 is 1.09 bits per heavy atom. The molecule has 3 aromatic heterocycles. The van der Waals surface area contributed by atoms with Gasteiger partial charge in [-0.25, -0.2) is 14.8 Å². The number of carboxylic acid groups (broad SMARTS) is 1. The van der Waals surface area contributed by atoms with E-state index in [-0.39, 0.29) is 34.0 Å². The second-order valence-electron chi connectivity index (χ2n) is 11.8. The molecular weight excluding hydrogens is 603 g/mol. The number of Topliss-reactive ketones (excluding diaryl/α,β-unsaturated/α-hetero) is 1. The van der Waals surface area contributed by atoms with E-state index in [0.29, 0.717) is 45.8 Å². The van der Waals surface area contributed by atoms with Gasteiger partial charge in [0.2, 0.25) is 0 Å². The lowest BCUT2D eigenvalue weighted by Crippen LogP contribution is -2.57. The van der Waals surface area contributed by atoms with Crippen LogP contribution in [0.2, 0.25) is 10.0 Å². The molecule has 12 heteroatoms. The first kappa shape index (κ1) is 31.3. The van der Waals surface area contributed by atoms with Gasteiger partial charge >= 0.3 is 6.09 Å². The van der Waals surface area contributed by atoms with E-state index in [1.54, 1.807) is 43.6 Å². The van der Waals surface area contributed by atoms with Crippen LogP contribution in [0.3, 0.4) is 0 Å². The van der Waals surface area contributed by atoms with Crippen LogP contribution < -0.4 is 10.2 Å². The Labute approximate surface area is 265 Å². The quantitative estimate of drug-likeness (QED) is 0.174. The number of phenolic OH excluding ortho intramolecular Hbond substituents is 1. The monoisotopic (exact) mass is 636 g/mol. The van der Waals surface area contributed by atoms with Gasteiger partial charge in [0.15, 0.2) is 11.5 Å². The number of nitrogens with zero attached hydrogens (tertiary/aromatic N) is 5. The molecule has 1 aliphatic heterocycles. The summed E-state index contributed by atoms with van der Waals surface area (Å²) in [5.41, 5.74) is 3.19. The van der Waals surface area contributed by atoms with Crippen molar-refractivity contribution in [2.24, 2.45) is 0 Å². The maximum absolute atomic E-state index is 13.0. The third kappa shape index (κ3) is 6.37. The molecule has 1 saturated heterocycles. The average molecular weight is 638 g/mol. The minimum atomic E-state index is -0.924. The van der Waals surface area contributed by atoms with E-state index in [9.17, 15) is 19.8 Å². The van der Waals surface area contributed by atoms with Gasteiger partial charge in [-0.3, -0.25) is 14.7 Å². The summed E-state index contributed by atoms with van der Waals surface area (Å²) in [5, 5.41) is 23.4. The third-order valence-electron chi connectivity index (χ3n) is 7.68. The molecule has 0 aliphatic carbocycles. The number of pyridine rings is 3. The number of hydrogen-bond donors (Lipinski definition) is 3. The average Bonchev–Trinajstić information content (AvgIpc) is 2.98. The van der Waals surface area contributed by atoms with Gasteiger partial charge in [0, 0.05) is 36.8 Å². The van der Waals surface area contributed by atoms with E-state index in [0.717, 1.165) is 25.2 Å². The lowest BCUT2D eigenvalue weighted by atomic mass is 9.97. The molecule has 4 aromatic rings. The summed E-state index contributed by atoms with van der Waals surface area (Å²) < 4.78 is 0. The number of benzene rings is 1. The minimum absolute atomic E-state index is 0.0982. The van der Waals surface area contributed by atoms with Crippen molar-refractivity contribution in [1.29, 1.82) is 0 Å². The number of anilines is 3. The standard InChI is InChI=1S/C32H34Cl2N6O4/c1-5-26(41)21-16-35-25-10-9-24(18-13-22(33)30(42)23(34)14-18)38-29(25)28(21)37-19-8-11-27(36-15-19)39-12-6-7-20(17-39)40(31(43)44)32(2,3)4/h8-11,13-16,20,42H,5-7,12,17H2,1-4H3,(H,35,37)(H,43,44)/t20-/m0/s1. The number of ketones is 1. The molecule has 0 radical (unpaired) electrons. The highest BCUT2D eigenvalue weighted by molar-refractivity contribution is 6.37. The van der Waals surface area contributed by atoms with E-state index in [1.165, 1.54) is 4.90 Å². The van der Waals surface area contributed by atoms with Gasteiger partial charge in [0.1, 0.15) is 11.3 Å². The van der Waals surface area contributed by atoms with Crippen molar-refractivity contribution in [3.63, 3.8) is 0 Å². The summed E-state index contributed by atoms with van der Waals surface area (Å²) in [4.78, 5) is 42.7. The Hall–Kier alpha value is -4.15. The van der Waals surface area contributed by atoms with Crippen molar-refractivity contribution < 1.29 is 19.8 Å². The zero-order valence-corrected chi connectivity index (χ0v) is 26.4. The first-order valence-corrected chi connectivity index (χ1v) is 15.1. The summed E-state index contributed by atoms with van der Waals surface area (Å²) in [7, 11) is 0. The molecule has 0 spiro atoms. The highest BCUT2D eigenvalue weighted by atomic mass is 35.5. The number of hydrogen-bond acceptors (Lipinski definition) is 8. The van der Waals surface area contributed by atoms with E-state index in [2.05, 4.69) is 15.2 Å². The van der Waals surface area contributed by atoms with Crippen molar-refractivity contribution >= 4 is 63.3 Å². The predicted octanol–water partition coefficient (Wildman–Crippen LogP) is 7.79. The highest BCUT2D eigenvalue weighted by Gasteiger charge is 2.36. The predicted molar refractivity (Wildman–Crippen MR) is 174 cm³/mol. The summed E-state index contributed by atoms with van der Waals surface area (Å²) >= 11 is 12.3. The van der Waals surface area contributed by atoms with Crippen molar-refractivity contribution in [3.8, 4) is 17.0 Å². The number of nitrogens with one attached hydrogen (secondary N) is 1. The normalized spacial score (nSPS) is 15.3. The molecule has 230 valence electrons. The molecule has 0 saturated carbocycles. The van der Waals surface area contributed by atoms with Gasteiger partial charge in [-0.15, -0.1) is 0 Å². The number of carbonyl (C=O) groups is 2. The lowest BCUT2D eigenvalue weighted by molar-refractivity contribution is 0.0647. The second kappa shape index (κ2) is 12.5. The Balaban J connectivity index is 1.47. The molecule has 1 aliphatic rings. The lowest BCUT2D eigenvalue weighted by Gasteiger charge is -2.44. The van der Waals surface area contributed by atoms with Crippen LogP contribution in [0, 0.1) is 0 Å². The van der Waals surface area contributed by atoms with Gasteiger partial charge in [-0.1, -0.05) is 30.1 Å². The summed E-state index contributed by atoms with van der Waals surface area (Å²) in [6.45, 7) is 8.83. The number of aromatic hydroxyl groups is 1. The number of amides is 1. The number of aromatic nitrogens is 3. The first-order valence-electron chi connectivity index (χ1n) is 14.4. The molecule has 1 aromatic carbocycles. The molecule has 0 bridgehead atoms. The first-order chi connectivity index (χ1) is 20.9. The van der Waals surface area contributed by atoms with Crippen LogP contribution in [0.4, 0.5) is 22.0 Å². The van der Waals surface area contributed by atoms with Crippen LogP contribution in [-0.4, -0.2) is 66.6 Å². The van der Waals surface area contributed by atoms with Crippen molar-refractivity contribution in [2.45, 2.75) is 58.5 Å². The maximum Gasteiger partial charge on any atom is 0.408 e. The fourth-order valence-corrected chi connectivity index (χ4v) is 6.11. The second-order valence-corrected chi connectivity index (χ2v) is 12.6. The highest BCUT2D eigenvalue weighted by Crippen LogP contribution is 2.37. The minimum Gasteiger partial charge on any atom is -0.505 e. The smallest absolute Gasteiger partial charge is 0.408 e. The SMILES string of the molecule is CCC(=O)c1cnc2ccc(-c3cc(Cl)c(O)c(Cl)c3)nc2c1Nc1ccc(N2CCC[C@H](N(C(=O)O)C(C)(C)C)C2)nc1. The molecule has 44 heavy (non-hydrogen) atoms. The maximum atomic E-state index is 13.0. The third-order valence-corrected chi connectivity index (χ3v) is 8.25. The summed E-state index contributed by atoms with van der Waals surface area (Å²) in [6, 6.07) is 10.3. The zero-order valence-electron chi connectivity index (χ0n) is 24.9. The van der Waals surface area contributed by atoms with E-state index < -0.39 is 11.6 Å². The molecule has 3 N–H and O–H groups in total. The molecule has 1 amide bonds. The molecule has 10 nitrogen and oxygen atoms in total. The number of halogens is 2. The van der Waals surface area contributed by atoms with Gasteiger partial charge in [0.05, 0.1) is 50.4 Å². The number of piperidine rings is 1. The van der Waals surface area contributed by atoms with Crippen LogP contribution in [0.1, 0.15) is 57.3 Å². The molecule has 4 heterocycles. The number of rotatable bonds is 7. The fraction of sp³-hybridized carbons (Fsp3) is 0.344. The van der Waals surface area contributed by atoms with Crippen molar-refractivity contribution in [2.75, 3.05) is 23.3 Å². The molecule has 1 atom stereocenters. The summed E-state index contributed by atoms with van der Waals surface area (Å²) in [5.74, 6) is 0.434. The number of fused-ring (bicyclic) bond motifs is 1. The topological polar surface area (TPSA) is 132 Å². The van der Waals surface area contributed by atoms with E-state index in [4.69, 9.17) is 33.2 Å². The Morgan fingerprint density at radius 3 is 2.43 bits per heavy atom. The van der Waals surface area contributed by atoms with Gasteiger partial charge in [-0.2, -0.15) is 0 Å². The van der Waals surface area contributed by atoms with E-state index in [1.807, 2.05) is 32.9 Å². The molecule has 1 fully saturated rings. The number of phenols is 1. The van der Waals surface area contributed by atoms with Crippen molar-refractivity contribution in [3.05, 3.63) is 64.4 Å². The number of carbonyl (C=O) groups excluding carboxylic acids is 1. The Kier molecular flexibility index (Phi) is 8.85. The van der Waals surface area contributed by atoms with Crippen LogP contribution >= 0.6 is 23.2 Å². The van der Waals surface area contributed by atoms with Crippen LogP contribution in [0.15, 0.2) is 48.8 Å². The molecule has 0 unspecified atom stereocenters. The fourth-order valence-electron chi connectivity index (χ4n) is 5.62. The van der Waals surface area contributed by atoms with Crippen LogP contribution in [0.25, 0.3) is 22.3 Å². The Morgan fingerprint density at radius 2 is 1.82 bits per heavy atom. The van der Waals surface area contributed by atoms with E-state index >= 15 is 0 Å². The molecule has 5 rings (SSSR count). The van der Waals surface area contributed by atoms with Gasteiger partial charge in [0.25, 0.3) is 0 Å². The zero-order chi connectivity index (χ0) is 31.8. The van der Waals surface area contributed by atoms with Crippen molar-refractivity contribution in [1.82, 2.24) is 19.9 Å². The van der Waals surface area contributed by atoms with Crippen LogP contribution in [0.5, 0.6) is 5.75 Å². The van der Waals surface area contributed by atoms with Crippen LogP contribution in [-0.2, 0) is 0 Å².